The number of carbonyl (C=O) groups is 1. The van der Waals surface area contributed by atoms with E-state index >= 15 is 0 Å². The Labute approximate surface area is 153 Å². The predicted molar refractivity (Wildman–Crippen MR) is 96.9 cm³/mol. The van der Waals surface area contributed by atoms with Gasteiger partial charge in [-0.15, -0.1) is 11.8 Å². The number of methoxy groups -OCH3 is 1. The van der Waals surface area contributed by atoms with Crippen LogP contribution in [0.1, 0.15) is 32.1 Å². The summed E-state index contributed by atoms with van der Waals surface area (Å²) in [5.74, 6) is 3.09. The number of rotatable bonds is 6. The van der Waals surface area contributed by atoms with E-state index in [-0.39, 0.29) is 17.3 Å². The van der Waals surface area contributed by atoms with Gasteiger partial charge in [-0.25, -0.2) is 4.39 Å². The lowest BCUT2D eigenvalue weighted by atomic mass is 9.49. The number of thioether (sulfide) groups is 1. The fraction of sp³-hybridized carbons (Fsp3) is 0.650. The van der Waals surface area contributed by atoms with Gasteiger partial charge in [0, 0.05) is 18.6 Å². The van der Waals surface area contributed by atoms with Gasteiger partial charge in [0.1, 0.15) is 5.82 Å². The van der Waals surface area contributed by atoms with Crippen LogP contribution in [0.15, 0.2) is 29.2 Å². The lowest BCUT2D eigenvalue weighted by Gasteiger charge is -2.60. The highest BCUT2D eigenvalue weighted by Gasteiger charge is 2.57. The fourth-order valence-electron chi connectivity index (χ4n) is 5.64. The lowest BCUT2D eigenvalue weighted by Crippen LogP contribution is -2.63. The normalized spacial score (nSPS) is 35.8. The van der Waals surface area contributed by atoms with Crippen molar-refractivity contribution < 1.29 is 13.9 Å². The molecule has 0 saturated heterocycles. The van der Waals surface area contributed by atoms with Crippen LogP contribution in [0.2, 0.25) is 0 Å². The maximum atomic E-state index is 12.9. The minimum Gasteiger partial charge on any atom is -0.376 e. The third kappa shape index (κ3) is 3.33. The van der Waals surface area contributed by atoms with Gasteiger partial charge in [-0.05, 0) is 80.0 Å². The largest absolute Gasteiger partial charge is 0.376 e. The van der Waals surface area contributed by atoms with E-state index in [0.717, 1.165) is 16.7 Å². The van der Waals surface area contributed by atoms with E-state index in [4.69, 9.17) is 4.74 Å². The lowest BCUT2D eigenvalue weighted by molar-refractivity contribution is -0.188. The van der Waals surface area contributed by atoms with Gasteiger partial charge < -0.3 is 10.1 Å². The molecule has 5 heteroatoms. The Morgan fingerprint density at radius 1 is 1.16 bits per heavy atom. The van der Waals surface area contributed by atoms with Gasteiger partial charge in [0.15, 0.2) is 0 Å². The average Bonchev–Trinajstić information content (AvgIpc) is 2.61. The van der Waals surface area contributed by atoms with Crippen LogP contribution in [0.4, 0.5) is 4.39 Å². The summed E-state index contributed by atoms with van der Waals surface area (Å²) in [6, 6.07) is 6.27. The fourth-order valence-corrected chi connectivity index (χ4v) is 6.37. The van der Waals surface area contributed by atoms with Crippen LogP contribution in [0.3, 0.4) is 0 Å². The monoisotopic (exact) mass is 363 g/mol. The van der Waals surface area contributed by atoms with E-state index in [2.05, 4.69) is 5.32 Å². The molecule has 3 nitrogen and oxygen atoms in total. The molecule has 136 valence electrons. The molecule has 4 aliphatic rings. The number of carbonyl (C=O) groups excluding carboxylic acids is 1. The van der Waals surface area contributed by atoms with Crippen molar-refractivity contribution in [2.75, 3.05) is 19.4 Å². The van der Waals surface area contributed by atoms with E-state index in [1.807, 2.05) is 7.11 Å². The molecule has 4 bridgehead atoms. The number of hydrogen-bond acceptors (Lipinski definition) is 3. The van der Waals surface area contributed by atoms with Crippen molar-refractivity contribution in [1.82, 2.24) is 5.32 Å². The van der Waals surface area contributed by atoms with E-state index in [9.17, 15) is 9.18 Å². The Morgan fingerprint density at radius 2 is 1.76 bits per heavy atom. The predicted octanol–water partition coefficient (Wildman–Crippen LogP) is 3.88. The van der Waals surface area contributed by atoms with Gasteiger partial charge in [0.25, 0.3) is 0 Å². The third-order valence-electron chi connectivity index (χ3n) is 6.65. The van der Waals surface area contributed by atoms with Crippen molar-refractivity contribution in [3.63, 3.8) is 0 Å². The van der Waals surface area contributed by atoms with Gasteiger partial charge in [-0.3, -0.25) is 4.79 Å². The average molecular weight is 363 g/mol. The molecule has 4 aliphatic carbocycles. The maximum absolute atomic E-state index is 12.9. The van der Waals surface area contributed by atoms with E-state index in [1.165, 1.54) is 56.0 Å². The molecule has 1 N–H and O–H groups in total. The van der Waals surface area contributed by atoms with Crippen LogP contribution in [0, 0.1) is 29.5 Å². The van der Waals surface area contributed by atoms with Gasteiger partial charge >= 0.3 is 0 Å². The molecule has 1 aromatic carbocycles. The molecule has 4 saturated carbocycles. The third-order valence-corrected chi connectivity index (χ3v) is 7.66. The second-order valence-corrected chi connectivity index (χ2v) is 9.03. The highest BCUT2D eigenvalue weighted by Crippen LogP contribution is 2.59. The first-order valence-corrected chi connectivity index (χ1v) is 10.3. The molecular formula is C20H26FNO2S. The SMILES string of the molecule is COC1(CNC(=O)CSc2ccc(F)cc2)C2CC3CC(C2)CC1C3. The summed E-state index contributed by atoms with van der Waals surface area (Å²) >= 11 is 1.44. The minimum atomic E-state index is -0.252. The molecule has 0 radical (unpaired) electrons. The minimum absolute atomic E-state index is 0.0274. The Bertz CT molecular complexity index is 605. The molecular weight excluding hydrogens is 337 g/mol. The molecule has 0 aliphatic heterocycles. The molecule has 1 aromatic rings. The summed E-state index contributed by atoms with van der Waals surface area (Å²) in [7, 11) is 1.82. The maximum Gasteiger partial charge on any atom is 0.230 e. The summed E-state index contributed by atoms with van der Waals surface area (Å²) in [5, 5.41) is 3.13. The molecule has 0 atom stereocenters. The highest BCUT2D eigenvalue weighted by atomic mass is 32.2. The van der Waals surface area contributed by atoms with Gasteiger partial charge in [0.2, 0.25) is 5.91 Å². The number of amides is 1. The zero-order chi connectivity index (χ0) is 17.4. The van der Waals surface area contributed by atoms with Crippen molar-refractivity contribution in [2.24, 2.45) is 23.7 Å². The van der Waals surface area contributed by atoms with E-state index < -0.39 is 0 Å². The van der Waals surface area contributed by atoms with Gasteiger partial charge in [-0.2, -0.15) is 0 Å². The molecule has 25 heavy (non-hydrogen) atoms. The second kappa shape index (κ2) is 6.92. The summed E-state index contributed by atoms with van der Waals surface area (Å²) in [5.41, 5.74) is -0.163. The van der Waals surface area contributed by atoms with Crippen LogP contribution < -0.4 is 5.32 Å². The van der Waals surface area contributed by atoms with E-state index in [0.29, 0.717) is 24.1 Å². The Kier molecular flexibility index (Phi) is 4.80. The quantitative estimate of drug-likeness (QED) is 0.780. The Hall–Kier alpha value is -1.07. The molecule has 1 amide bonds. The number of benzene rings is 1. The summed E-state index contributed by atoms with van der Waals surface area (Å²) in [6.07, 6.45) is 6.47. The van der Waals surface area contributed by atoms with E-state index in [1.54, 1.807) is 12.1 Å². The molecule has 5 rings (SSSR count). The first kappa shape index (κ1) is 17.3. The molecule has 0 heterocycles. The van der Waals surface area contributed by atoms with Crippen molar-refractivity contribution in [3.8, 4) is 0 Å². The van der Waals surface area contributed by atoms with Crippen molar-refractivity contribution in [1.29, 1.82) is 0 Å². The molecule has 0 spiro atoms. The second-order valence-electron chi connectivity index (χ2n) is 7.98. The Balaban J connectivity index is 1.33. The number of nitrogens with one attached hydrogen (secondary N) is 1. The highest BCUT2D eigenvalue weighted by molar-refractivity contribution is 8.00. The van der Waals surface area contributed by atoms with Crippen LogP contribution in [0.5, 0.6) is 0 Å². The van der Waals surface area contributed by atoms with Gasteiger partial charge in [-0.1, -0.05) is 0 Å². The first-order chi connectivity index (χ1) is 12.1. The van der Waals surface area contributed by atoms with Crippen LogP contribution in [0.25, 0.3) is 0 Å². The smallest absolute Gasteiger partial charge is 0.230 e. The Morgan fingerprint density at radius 3 is 2.32 bits per heavy atom. The van der Waals surface area contributed by atoms with Crippen LogP contribution in [-0.2, 0) is 9.53 Å². The first-order valence-electron chi connectivity index (χ1n) is 9.29. The summed E-state index contributed by atoms with van der Waals surface area (Å²) in [6.45, 7) is 0.626. The van der Waals surface area contributed by atoms with Crippen molar-refractivity contribution in [2.45, 2.75) is 42.6 Å². The standard InChI is InChI=1S/C20H26FNO2S/c1-24-20(15-7-13-6-14(9-15)10-16(20)8-13)12-22-19(23)11-25-18-4-2-17(21)3-5-18/h2-5,13-16H,6-12H2,1H3,(H,22,23). The number of ether oxygens (including phenoxy) is 1. The van der Waals surface area contributed by atoms with Gasteiger partial charge in [0.05, 0.1) is 11.4 Å². The zero-order valence-corrected chi connectivity index (χ0v) is 15.5. The van der Waals surface area contributed by atoms with Crippen LogP contribution >= 0.6 is 11.8 Å². The number of hydrogen-bond donors (Lipinski definition) is 1. The van der Waals surface area contributed by atoms with Crippen LogP contribution in [-0.4, -0.2) is 30.9 Å². The summed E-state index contributed by atoms with van der Waals surface area (Å²) < 4.78 is 19.0. The molecule has 0 unspecified atom stereocenters. The topological polar surface area (TPSA) is 38.3 Å². The molecule has 4 fully saturated rings. The zero-order valence-electron chi connectivity index (χ0n) is 14.7. The van der Waals surface area contributed by atoms with Crippen molar-refractivity contribution in [3.05, 3.63) is 30.1 Å². The molecule has 0 aromatic heterocycles. The van der Waals surface area contributed by atoms with Crippen molar-refractivity contribution >= 4 is 17.7 Å². The summed E-state index contributed by atoms with van der Waals surface area (Å²) in [4.78, 5) is 13.2. The number of halogens is 1.